The molecule has 0 radical (unpaired) electrons. The van der Waals surface area contributed by atoms with E-state index in [0.717, 1.165) is 11.1 Å². The van der Waals surface area contributed by atoms with Gasteiger partial charge in [0, 0.05) is 24.7 Å². The fourth-order valence-corrected chi connectivity index (χ4v) is 6.48. The van der Waals surface area contributed by atoms with Gasteiger partial charge in [-0.05, 0) is 47.9 Å². The lowest BCUT2D eigenvalue weighted by molar-refractivity contribution is -0.258. The molecule has 232 valence electrons. The second kappa shape index (κ2) is 12.2. The number of hydrogen-bond donors (Lipinski definition) is 2. The van der Waals surface area contributed by atoms with Crippen LogP contribution < -0.4 is 23.7 Å². The van der Waals surface area contributed by atoms with E-state index in [4.69, 9.17) is 42.6 Å². The first kappa shape index (κ1) is 29.5. The van der Waals surface area contributed by atoms with E-state index in [2.05, 4.69) is 0 Å². The van der Waals surface area contributed by atoms with Crippen molar-refractivity contribution in [2.75, 3.05) is 34.2 Å². The quantitative estimate of drug-likeness (QED) is 0.232. The third-order valence-electron chi connectivity index (χ3n) is 8.29. The van der Waals surface area contributed by atoms with Crippen LogP contribution in [-0.4, -0.2) is 81.7 Å². The van der Waals surface area contributed by atoms with Crippen LogP contribution in [0.5, 0.6) is 28.7 Å². The zero-order valence-corrected chi connectivity index (χ0v) is 23.9. The number of methoxy groups -OCH3 is 2. The van der Waals surface area contributed by atoms with Gasteiger partial charge in [0.1, 0.15) is 0 Å². The first-order chi connectivity index (χ1) is 20.8. The van der Waals surface area contributed by atoms with Crippen molar-refractivity contribution in [1.29, 1.82) is 0 Å². The summed E-state index contributed by atoms with van der Waals surface area (Å²) in [5.41, 5.74) is 2.16. The number of aliphatic hydroxyl groups is 2. The van der Waals surface area contributed by atoms with Gasteiger partial charge in [-0.15, -0.1) is 0 Å². The number of carbonyl (C=O) groups excluding carboxylic acids is 2. The van der Waals surface area contributed by atoms with Crippen molar-refractivity contribution < 1.29 is 62.4 Å². The van der Waals surface area contributed by atoms with Gasteiger partial charge in [-0.2, -0.15) is 0 Å². The minimum Gasteiger partial charge on any atom is -0.493 e. The summed E-state index contributed by atoms with van der Waals surface area (Å²) < 4.78 is 51.3. The molecule has 4 aliphatic rings. The number of fused-ring (bicyclic) bond motifs is 3. The number of benzene rings is 2. The van der Waals surface area contributed by atoms with E-state index in [1.54, 1.807) is 12.1 Å². The Bertz CT molecular complexity index is 1330. The highest BCUT2D eigenvalue weighted by Crippen LogP contribution is 2.57. The predicted molar refractivity (Wildman–Crippen MR) is 144 cm³/mol. The highest BCUT2D eigenvalue weighted by Gasteiger charge is 2.54. The average Bonchev–Trinajstić information content (AvgIpc) is 3.61. The summed E-state index contributed by atoms with van der Waals surface area (Å²) in [5.74, 6) is -0.372. The molecule has 2 N–H and O–H groups in total. The van der Waals surface area contributed by atoms with Crippen molar-refractivity contribution in [1.82, 2.24) is 0 Å². The lowest BCUT2D eigenvalue weighted by Gasteiger charge is -2.42. The fourth-order valence-electron chi connectivity index (χ4n) is 6.48. The molecule has 1 aliphatic carbocycles. The normalized spacial score (nSPS) is 29.7. The lowest BCUT2D eigenvalue weighted by Crippen LogP contribution is -2.43. The third-order valence-corrected chi connectivity index (χ3v) is 8.29. The molecule has 8 atom stereocenters. The standard InChI is InChI=1S/C30H34O13/c1-14(32)37-10-17-6-16(33)7-25(42-17)43-28-19-9-22-21(40-13-41-22)8-18(19)26(27-20(28)11-38-30(27)34)15-4-23(35-2)29(39-12-31)24(5-15)36-3/h4-5,8-9,12,14,16-17,20,25-28,32-33H,6-7,10-11,13H2,1-3H3/t14-,16?,17?,20?,25?,26?,27?,28?/m0/s1. The molecular formula is C30H34O13. The highest BCUT2D eigenvalue weighted by atomic mass is 16.7. The van der Waals surface area contributed by atoms with E-state index >= 15 is 0 Å². The summed E-state index contributed by atoms with van der Waals surface area (Å²) in [6, 6.07) is 7.10. The van der Waals surface area contributed by atoms with Crippen LogP contribution in [0.15, 0.2) is 24.3 Å². The van der Waals surface area contributed by atoms with E-state index in [-0.39, 0.29) is 50.1 Å². The summed E-state index contributed by atoms with van der Waals surface area (Å²) in [6.07, 6.45) is -3.13. The van der Waals surface area contributed by atoms with Crippen molar-refractivity contribution in [2.45, 2.75) is 56.6 Å². The summed E-state index contributed by atoms with van der Waals surface area (Å²) in [6.45, 7) is 2.01. The third kappa shape index (κ3) is 5.58. The number of aliphatic hydroxyl groups excluding tert-OH is 2. The molecule has 13 nitrogen and oxygen atoms in total. The van der Waals surface area contributed by atoms with Crippen LogP contribution in [0.2, 0.25) is 0 Å². The molecule has 3 heterocycles. The first-order valence-electron chi connectivity index (χ1n) is 14.1. The lowest BCUT2D eigenvalue weighted by atomic mass is 9.66. The smallest absolute Gasteiger partial charge is 0.310 e. The van der Waals surface area contributed by atoms with Crippen molar-refractivity contribution in [2.24, 2.45) is 11.8 Å². The Morgan fingerprint density at radius 2 is 1.72 bits per heavy atom. The molecule has 2 aromatic rings. The van der Waals surface area contributed by atoms with Crippen LogP contribution >= 0.6 is 0 Å². The number of rotatable bonds is 10. The van der Waals surface area contributed by atoms with Crippen LogP contribution in [0, 0.1) is 11.8 Å². The van der Waals surface area contributed by atoms with E-state index in [9.17, 15) is 19.8 Å². The molecular weight excluding hydrogens is 568 g/mol. The minimum atomic E-state index is -0.979. The summed E-state index contributed by atoms with van der Waals surface area (Å²) in [5, 5.41) is 20.1. The van der Waals surface area contributed by atoms with Crippen molar-refractivity contribution >= 4 is 12.4 Å². The maximum absolute atomic E-state index is 13.4. The molecule has 2 aromatic carbocycles. The maximum atomic E-state index is 13.4. The molecule has 7 unspecified atom stereocenters. The van der Waals surface area contributed by atoms with Crippen LogP contribution in [-0.2, 0) is 28.5 Å². The molecule has 0 spiro atoms. The average molecular weight is 603 g/mol. The molecule has 0 aromatic heterocycles. The Kier molecular flexibility index (Phi) is 8.34. The predicted octanol–water partition coefficient (Wildman–Crippen LogP) is 2.18. The molecule has 2 fully saturated rings. The number of ether oxygens (including phenoxy) is 9. The van der Waals surface area contributed by atoms with E-state index in [1.165, 1.54) is 21.1 Å². The molecule has 6 rings (SSSR count). The Morgan fingerprint density at radius 1 is 1.02 bits per heavy atom. The topological polar surface area (TPSA) is 158 Å². The Hall–Kier alpha value is -3.62. The van der Waals surface area contributed by atoms with Gasteiger partial charge in [-0.3, -0.25) is 9.59 Å². The van der Waals surface area contributed by atoms with Crippen molar-refractivity contribution in [3.8, 4) is 28.7 Å². The maximum Gasteiger partial charge on any atom is 0.310 e. The fraction of sp³-hybridized carbons (Fsp3) is 0.533. The molecule has 3 aliphatic heterocycles. The molecule has 0 amide bonds. The van der Waals surface area contributed by atoms with Gasteiger partial charge in [0.2, 0.25) is 12.5 Å². The molecule has 2 saturated heterocycles. The number of hydrogen-bond acceptors (Lipinski definition) is 13. The second-order valence-corrected chi connectivity index (χ2v) is 10.9. The Labute approximate surface area is 247 Å². The Balaban J connectivity index is 1.42. The van der Waals surface area contributed by atoms with E-state index in [0.29, 0.717) is 23.5 Å². The van der Waals surface area contributed by atoms with Gasteiger partial charge in [-0.1, -0.05) is 0 Å². The summed E-state index contributed by atoms with van der Waals surface area (Å²) >= 11 is 0. The van der Waals surface area contributed by atoms with Gasteiger partial charge < -0.3 is 52.8 Å². The van der Waals surface area contributed by atoms with Crippen molar-refractivity contribution in [3.05, 3.63) is 41.0 Å². The number of esters is 1. The van der Waals surface area contributed by atoms with Gasteiger partial charge in [0.15, 0.2) is 35.6 Å². The van der Waals surface area contributed by atoms with Gasteiger partial charge in [-0.25, -0.2) is 0 Å². The highest BCUT2D eigenvalue weighted by molar-refractivity contribution is 5.79. The van der Waals surface area contributed by atoms with Crippen LogP contribution in [0.3, 0.4) is 0 Å². The Morgan fingerprint density at radius 3 is 2.37 bits per heavy atom. The summed E-state index contributed by atoms with van der Waals surface area (Å²) in [4.78, 5) is 24.6. The van der Waals surface area contributed by atoms with Crippen LogP contribution in [0.1, 0.15) is 48.5 Å². The van der Waals surface area contributed by atoms with Crippen LogP contribution in [0.25, 0.3) is 0 Å². The molecule has 43 heavy (non-hydrogen) atoms. The van der Waals surface area contributed by atoms with E-state index in [1.807, 2.05) is 12.1 Å². The van der Waals surface area contributed by atoms with E-state index < -0.39 is 54.6 Å². The first-order valence-corrected chi connectivity index (χ1v) is 14.1. The monoisotopic (exact) mass is 602 g/mol. The molecule has 0 saturated carbocycles. The number of cyclic esters (lactones) is 1. The second-order valence-electron chi connectivity index (χ2n) is 10.9. The number of carbonyl (C=O) groups is 2. The zero-order valence-electron chi connectivity index (χ0n) is 23.9. The SMILES string of the molecule is COc1cc(C2c3cc4c(cc3C(OC3CC(O)CC(CO[C@@H](C)O)O3)C3COC(=O)C23)OCO4)cc(OC)c1OC=O. The van der Waals surface area contributed by atoms with Crippen molar-refractivity contribution in [3.63, 3.8) is 0 Å². The summed E-state index contributed by atoms with van der Waals surface area (Å²) in [7, 11) is 2.88. The zero-order chi connectivity index (χ0) is 30.2. The molecule has 0 bridgehead atoms. The largest absolute Gasteiger partial charge is 0.493 e. The van der Waals surface area contributed by atoms with Gasteiger partial charge in [0.05, 0.1) is 51.7 Å². The minimum absolute atomic E-state index is 0.0472. The van der Waals surface area contributed by atoms with Gasteiger partial charge in [0.25, 0.3) is 6.47 Å². The molecule has 13 heteroatoms. The van der Waals surface area contributed by atoms with Crippen LogP contribution in [0.4, 0.5) is 0 Å². The van der Waals surface area contributed by atoms with Gasteiger partial charge >= 0.3 is 5.97 Å².